The van der Waals surface area contributed by atoms with Crippen LogP contribution in [-0.2, 0) is 0 Å². The van der Waals surface area contributed by atoms with Gasteiger partial charge in [-0.1, -0.05) is 38.8 Å². The first-order chi connectivity index (χ1) is 8.86. The maximum Gasteiger partial charge on any atom is 0.144 e. The van der Waals surface area contributed by atoms with Crippen LogP contribution in [0, 0.1) is 11.3 Å². The van der Waals surface area contributed by atoms with Gasteiger partial charge in [0.05, 0.1) is 0 Å². The second-order valence-electron chi connectivity index (χ2n) is 6.88. The van der Waals surface area contributed by atoms with E-state index in [0.29, 0.717) is 5.84 Å². The van der Waals surface area contributed by atoms with Gasteiger partial charge in [-0.2, -0.15) is 0 Å². The zero-order chi connectivity index (χ0) is 14.5. The number of rotatable bonds is 6. The van der Waals surface area contributed by atoms with E-state index in [1.807, 2.05) is 13.8 Å². The Hall–Kier alpha value is -0.770. The number of hydrogen-bond acceptors (Lipinski definition) is 3. The first kappa shape index (κ1) is 16.3. The molecule has 1 saturated carbocycles. The fourth-order valence-electron chi connectivity index (χ4n) is 3.02. The number of nitrogens with two attached hydrogens (primary N) is 1. The average molecular weight is 269 g/mol. The van der Waals surface area contributed by atoms with Crippen LogP contribution in [0.25, 0.3) is 0 Å². The predicted octanol–water partition coefficient (Wildman–Crippen LogP) is 3.05. The summed E-state index contributed by atoms with van der Waals surface area (Å²) in [6, 6.07) is 0.746. The van der Waals surface area contributed by atoms with E-state index in [0.717, 1.165) is 31.3 Å². The molecule has 0 amide bonds. The highest BCUT2D eigenvalue weighted by Crippen LogP contribution is 2.28. The third-order valence-corrected chi connectivity index (χ3v) is 4.65. The largest absolute Gasteiger partial charge is 0.409 e. The minimum Gasteiger partial charge on any atom is -0.409 e. The summed E-state index contributed by atoms with van der Waals surface area (Å²) in [5.41, 5.74) is 5.50. The molecular formula is C15H31N3O. The fourth-order valence-corrected chi connectivity index (χ4v) is 3.02. The molecule has 0 radical (unpaired) electrons. The van der Waals surface area contributed by atoms with E-state index in [1.165, 1.54) is 25.7 Å². The zero-order valence-corrected chi connectivity index (χ0v) is 13.0. The van der Waals surface area contributed by atoms with Crippen LogP contribution in [0.5, 0.6) is 0 Å². The van der Waals surface area contributed by atoms with Crippen LogP contribution in [0.2, 0.25) is 0 Å². The van der Waals surface area contributed by atoms with Crippen LogP contribution in [-0.4, -0.2) is 35.6 Å². The Morgan fingerprint density at radius 1 is 1.42 bits per heavy atom. The number of amidine groups is 1. The predicted molar refractivity (Wildman–Crippen MR) is 80.5 cm³/mol. The molecule has 0 heterocycles. The van der Waals surface area contributed by atoms with Crippen molar-refractivity contribution in [2.75, 3.05) is 13.6 Å². The molecule has 2 unspecified atom stereocenters. The van der Waals surface area contributed by atoms with Crippen LogP contribution < -0.4 is 5.73 Å². The molecule has 112 valence electrons. The van der Waals surface area contributed by atoms with Gasteiger partial charge in [0, 0.05) is 11.5 Å². The van der Waals surface area contributed by atoms with Gasteiger partial charge in [-0.25, -0.2) is 0 Å². The van der Waals surface area contributed by atoms with Crippen LogP contribution in [0.1, 0.15) is 59.3 Å². The summed E-state index contributed by atoms with van der Waals surface area (Å²) in [5, 5.41) is 11.9. The minimum absolute atomic E-state index is 0.213. The van der Waals surface area contributed by atoms with E-state index >= 15 is 0 Å². The first-order valence-corrected chi connectivity index (χ1v) is 7.55. The van der Waals surface area contributed by atoms with Crippen molar-refractivity contribution in [3.8, 4) is 0 Å². The van der Waals surface area contributed by atoms with Crippen molar-refractivity contribution in [3.63, 3.8) is 0 Å². The Kier molecular flexibility index (Phi) is 6.11. The van der Waals surface area contributed by atoms with E-state index in [-0.39, 0.29) is 5.41 Å². The summed E-state index contributed by atoms with van der Waals surface area (Å²) in [4.78, 5) is 2.50. The molecule has 1 aliphatic carbocycles. The molecule has 0 saturated heterocycles. The summed E-state index contributed by atoms with van der Waals surface area (Å²) in [7, 11) is 2.24. The molecule has 0 aromatic heterocycles. The molecule has 3 N–H and O–H groups in total. The standard InChI is InChI=1S/C15H31N3O/c1-12-7-5-8-13(11-12)18(4)10-6-9-15(2,3)14(16)17-19/h12-13,19H,5-11H2,1-4H3,(H2,16,17). The molecular weight excluding hydrogens is 238 g/mol. The highest BCUT2D eigenvalue weighted by atomic mass is 16.4. The molecule has 0 aliphatic heterocycles. The van der Waals surface area contributed by atoms with Crippen LogP contribution in [0.15, 0.2) is 5.16 Å². The Morgan fingerprint density at radius 3 is 2.68 bits per heavy atom. The highest BCUT2D eigenvalue weighted by molar-refractivity contribution is 5.85. The number of nitrogens with zero attached hydrogens (tertiary/aromatic N) is 2. The summed E-state index contributed by atoms with van der Waals surface area (Å²) in [6.45, 7) is 7.52. The van der Waals surface area contributed by atoms with E-state index in [2.05, 4.69) is 24.0 Å². The summed E-state index contributed by atoms with van der Waals surface area (Å²) >= 11 is 0. The van der Waals surface area contributed by atoms with Crippen molar-refractivity contribution in [2.45, 2.75) is 65.3 Å². The van der Waals surface area contributed by atoms with Crippen molar-refractivity contribution < 1.29 is 5.21 Å². The van der Waals surface area contributed by atoms with Gasteiger partial charge in [0.2, 0.25) is 0 Å². The van der Waals surface area contributed by atoms with E-state index in [1.54, 1.807) is 0 Å². The third kappa shape index (κ3) is 5.01. The maximum absolute atomic E-state index is 8.76. The SMILES string of the molecule is CC1CCCC(N(C)CCCC(C)(C)C(N)=NO)C1. The second kappa shape index (κ2) is 7.13. The molecule has 1 aliphatic rings. The molecule has 0 aromatic carbocycles. The van der Waals surface area contributed by atoms with Crippen LogP contribution >= 0.6 is 0 Å². The van der Waals surface area contributed by atoms with E-state index in [9.17, 15) is 0 Å². The third-order valence-electron chi connectivity index (χ3n) is 4.65. The van der Waals surface area contributed by atoms with Crippen molar-refractivity contribution in [3.05, 3.63) is 0 Å². The molecule has 0 spiro atoms. The van der Waals surface area contributed by atoms with Gasteiger partial charge in [0.15, 0.2) is 0 Å². The molecule has 4 nitrogen and oxygen atoms in total. The topological polar surface area (TPSA) is 61.8 Å². The van der Waals surface area contributed by atoms with Crippen molar-refractivity contribution in [1.29, 1.82) is 0 Å². The lowest BCUT2D eigenvalue weighted by atomic mass is 9.85. The highest BCUT2D eigenvalue weighted by Gasteiger charge is 2.25. The molecule has 0 bridgehead atoms. The zero-order valence-electron chi connectivity index (χ0n) is 13.0. The lowest BCUT2D eigenvalue weighted by molar-refractivity contribution is 0.158. The van der Waals surface area contributed by atoms with E-state index in [4.69, 9.17) is 10.9 Å². The molecule has 19 heavy (non-hydrogen) atoms. The van der Waals surface area contributed by atoms with Gasteiger partial charge in [-0.05, 0) is 45.2 Å². The summed E-state index contributed by atoms with van der Waals surface area (Å²) in [6.07, 6.45) is 7.47. The lowest BCUT2D eigenvalue weighted by Gasteiger charge is -2.34. The van der Waals surface area contributed by atoms with Gasteiger partial charge in [-0.15, -0.1) is 0 Å². The monoisotopic (exact) mass is 269 g/mol. The van der Waals surface area contributed by atoms with E-state index < -0.39 is 0 Å². The van der Waals surface area contributed by atoms with Gasteiger partial charge < -0.3 is 15.8 Å². The van der Waals surface area contributed by atoms with Crippen LogP contribution in [0.4, 0.5) is 0 Å². The van der Waals surface area contributed by atoms with Gasteiger partial charge in [0.25, 0.3) is 0 Å². The Morgan fingerprint density at radius 2 is 2.11 bits per heavy atom. The Balaban J connectivity index is 2.32. The maximum atomic E-state index is 8.76. The Bertz CT molecular complexity index is 302. The van der Waals surface area contributed by atoms with Crippen molar-refractivity contribution in [2.24, 2.45) is 22.2 Å². The fraction of sp³-hybridized carbons (Fsp3) is 0.933. The number of oxime groups is 1. The smallest absolute Gasteiger partial charge is 0.144 e. The second-order valence-corrected chi connectivity index (χ2v) is 6.88. The average Bonchev–Trinajstić information content (AvgIpc) is 2.37. The molecule has 2 atom stereocenters. The molecule has 0 aromatic rings. The van der Waals surface area contributed by atoms with Crippen molar-refractivity contribution in [1.82, 2.24) is 4.90 Å². The minimum atomic E-state index is -0.213. The molecule has 1 fully saturated rings. The van der Waals surface area contributed by atoms with Gasteiger partial charge in [-0.3, -0.25) is 0 Å². The summed E-state index contributed by atoms with van der Waals surface area (Å²) < 4.78 is 0. The quantitative estimate of drug-likeness (QED) is 0.337. The molecule has 1 rings (SSSR count). The Labute approximate surface area is 118 Å². The van der Waals surface area contributed by atoms with Gasteiger partial charge in [0.1, 0.15) is 5.84 Å². The van der Waals surface area contributed by atoms with Crippen molar-refractivity contribution >= 4 is 5.84 Å². The van der Waals surface area contributed by atoms with Gasteiger partial charge >= 0.3 is 0 Å². The first-order valence-electron chi connectivity index (χ1n) is 7.55. The van der Waals surface area contributed by atoms with Crippen LogP contribution in [0.3, 0.4) is 0 Å². The normalized spacial score (nSPS) is 25.8. The summed E-state index contributed by atoms with van der Waals surface area (Å²) in [5.74, 6) is 1.20. The molecule has 4 heteroatoms. The lowest BCUT2D eigenvalue weighted by Crippen LogP contribution is -2.37. The number of hydrogen-bond donors (Lipinski definition) is 2.